The Labute approximate surface area is 156 Å². The van der Waals surface area contributed by atoms with E-state index in [-0.39, 0.29) is 17.7 Å². The fraction of sp³-hybridized carbons (Fsp3) is 0.882. The van der Waals surface area contributed by atoms with Crippen molar-refractivity contribution in [3.8, 4) is 0 Å². The summed E-state index contributed by atoms with van der Waals surface area (Å²) < 4.78 is 31.6. The molecule has 2 saturated heterocycles. The number of sulfonamides is 1. The topological polar surface area (TPSA) is 87.2 Å². The van der Waals surface area contributed by atoms with Gasteiger partial charge in [0.15, 0.2) is 0 Å². The standard InChI is InChI=1S/C17H31N3O5S/c1-12(2)15(17(22)25-5)19(4)16(21)13-6-10-20(11-7-13)26(23,24)14-8-9-18(14)3/h12-15H,6-11H2,1-5H3/t14-,15+/m1/s1. The number of hydrogen-bond donors (Lipinski definition) is 0. The molecule has 150 valence electrons. The summed E-state index contributed by atoms with van der Waals surface area (Å²) in [6.45, 7) is 5.24. The number of piperidine rings is 1. The summed E-state index contributed by atoms with van der Waals surface area (Å²) in [5, 5.41) is -0.429. The second-order valence-corrected chi connectivity index (χ2v) is 9.69. The number of rotatable bonds is 6. The normalized spacial score (nSPS) is 24.2. The van der Waals surface area contributed by atoms with Crippen molar-refractivity contribution in [1.29, 1.82) is 0 Å². The molecule has 2 aliphatic rings. The van der Waals surface area contributed by atoms with Crippen molar-refractivity contribution < 1.29 is 22.7 Å². The van der Waals surface area contributed by atoms with Crippen molar-refractivity contribution in [1.82, 2.24) is 14.1 Å². The van der Waals surface area contributed by atoms with E-state index in [0.29, 0.717) is 32.4 Å². The van der Waals surface area contributed by atoms with Gasteiger partial charge in [0.2, 0.25) is 15.9 Å². The first-order valence-electron chi connectivity index (χ1n) is 9.15. The van der Waals surface area contributed by atoms with Gasteiger partial charge in [0.1, 0.15) is 11.4 Å². The molecule has 0 spiro atoms. The van der Waals surface area contributed by atoms with Gasteiger partial charge in [-0.25, -0.2) is 17.5 Å². The van der Waals surface area contributed by atoms with E-state index in [4.69, 9.17) is 4.74 Å². The summed E-state index contributed by atoms with van der Waals surface area (Å²) in [5.74, 6) is -0.877. The van der Waals surface area contributed by atoms with Gasteiger partial charge in [0.25, 0.3) is 0 Å². The number of esters is 1. The van der Waals surface area contributed by atoms with Crippen LogP contribution < -0.4 is 0 Å². The average molecular weight is 390 g/mol. The molecule has 0 radical (unpaired) electrons. The minimum atomic E-state index is -3.33. The third-order valence-corrected chi connectivity index (χ3v) is 7.93. The molecule has 2 atom stereocenters. The van der Waals surface area contributed by atoms with Crippen LogP contribution in [-0.2, 0) is 24.3 Å². The lowest BCUT2D eigenvalue weighted by Gasteiger charge is -2.42. The monoisotopic (exact) mass is 389 g/mol. The molecule has 2 aliphatic heterocycles. The Morgan fingerprint density at radius 1 is 1.12 bits per heavy atom. The molecule has 0 saturated carbocycles. The third kappa shape index (κ3) is 4.04. The number of carbonyl (C=O) groups is 2. The van der Waals surface area contributed by atoms with Gasteiger partial charge < -0.3 is 9.64 Å². The molecule has 9 heteroatoms. The summed E-state index contributed by atoms with van der Waals surface area (Å²) in [6.07, 6.45) is 1.62. The van der Waals surface area contributed by atoms with Crippen molar-refractivity contribution in [2.45, 2.75) is 44.5 Å². The van der Waals surface area contributed by atoms with E-state index in [0.717, 1.165) is 6.54 Å². The zero-order valence-electron chi connectivity index (χ0n) is 16.3. The summed E-state index contributed by atoms with van der Waals surface area (Å²) in [5.41, 5.74) is 0. The Balaban J connectivity index is 1.98. The summed E-state index contributed by atoms with van der Waals surface area (Å²) in [7, 11) is 1.42. The van der Waals surface area contributed by atoms with Gasteiger partial charge in [0.05, 0.1) is 7.11 Å². The van der Waals surface area contributed by atoms with E-state index >= 15 is 0 Å². The predicted octanol–water partition coefficient (Wildman–Crippen LogP) is 0.346. The van der Waals surface area contributed by atoms with Gasteiger partial charge in [-0.05, 0) is 32.2 Å². The Morgan fingerprint density at radius 3 is 2.08 bits per heavy atom. The second kappa shape index (κ2) is 8.22. The number of likely N-dealkylation sites (tertiary alicyclic amines) is 1. The zero-order valence-corrected chi connectivity index (χ0v) is 17.2. The molecule has 0 N–H and O–H groups in total. The van der Waals surface area contributed by atoms with Crippen LogP contribution in [0, 0.1) is 11.8 Å². The highest BCUT2D eigenvalue weighted by Gasteiger charge is 2.43. The number of nitrogens with zero attached hydrogens (tertiary/aromatic N) is 3. The van der Waals surface area contributed by atoms with Crippen LogP contribution in [0.2, 0.25) is 0 Å². The van der Waals surface area contributed by atoms with Crippen LogP contribution in [0.4, 0.5) is 0 Å². The molecule has 0 aliphatic carbocycles. The first-order valence-corrected chi connectivity index (χ1v) is 10.6. The fourth-order valence-corrected chi connectivity index (χ4v) is 5.85. The first kappa shape index (κ1) is 21.1. The van der Waals surface area contributed by atoms with Gasteiger partial charge in [0, 0.05) is 32.6 Å². The molecule has 0 bridgehead atoms. The second-order valence-electron chi connectivity index (χ2n) is 7.60. The Hall–Kier alpha value is -1.19. The van der Waals surface area contributed by atoms with Crippen molar-refractivity contribution in [3.05, 3.63) is 0 Å². The maximum absolute atomic E-state index is 12.8. The molecule has 26 heavy (non-hydrogen) atoms. The van der Waals surface area contributed by atoms with E-state index in [1.54, 1.807) is 7.05 Å². The number of likely N-dealkylation sites (N-methyl/N-ethyl adjacent to an activating group) is 1. The Kier molecular flexibility index (Phi) is 6.68. The van der Waals surface area contributed by atoms with E-state index in [9.17, 15) is 18.0 Å². The molecule has 0 aromatic heterocycles. The van der Waals surface area contributed by atoms with Gasteiger partial charge in [-0.2, -0.15) is 0 Å². The first-order chi connectivity index (χ1) is 12.1. The van der Waals surface area contributed by atoms with Gasteiger partial charge in [-0.15, -0.1) is 0 Å². The smallest absolute Gasteiger partial charge is 0.328 e. The van der Waals surface area contributed by atoms with Crippen LogP contribution in [0.5, 0.6) is 0 Å². The van der Waals surface area contributed by atoms with Gasteiger partial charge in [-0.1, -0.05) is 13.8 Å². The van der Waals surface area contributed by atoms with Crippen molar-refractivity contribution >= 4 is 21.9 Å². The van der Waals surface area contributed by atoms with Crippen LogP contribution in [0.1, 0.15) is 33.1 Å². The number of ether oxygens (including phenoxy) is 1. The van der Waals surface area contributed by atoms with E-state index in [2.05, 4.69) is 0 Å². The molecule has 2 rings (SSSR count). The van der Waals surface area contributed by atoms with E-state index < -0.39 is 27.4 Å². The van der Waals surface area contributed by atoms with Gasteiger partial charge in [-0.3, -0.25) is 9.69 Å². The molecule has 2 fully saturated rings. The van der Waals surface area contributed by atoms with E-state index in [1.165, 1.54) is 16.3 Å². The predicted molar refractivity (Wildman–Crippen MR) is 97.7 cm³/mol. The van der Waals surface area contributed by atoms with Crippen LogP contribution in [0.3, 0.4) is 0 Å². The van der Waals surface area contributed by atoms with E-state index in [1.807, 2.05) is 25.8 Å². The molecule has 2 heterocycles. The minimum Gasteiger partial charge on any atom is -0.467 e. The van der Waals surface area contributed by atoms with Gasteiger partial charge >= 0.3 is 5.97 Å². The molecule has 0 aromatic carbocycles. The molecule has 8 nitrogen and oxygen atoms in total. The van der Waals surface area contributed by atoms with Crippen molar-refractivity contribution in [2.75, 3.05) is 40.8 Å². The SMILES string of the molecule is COC(=O)[C@H](C(C)C)N(C)C(=O)C1CCN(S(=O)(=O)[C@@H]2CCN2C)CC1. The number of carbonyl (C=O) groups excluding carboxylic acids is 2. The number of methoxy groups -OCH3 is 1. The summed E-state index contributed by atoms with van der Waals surface area (Å²) in [4.78, 5) is 28.1. The minimum absolute atomic E-state index is 0.0639. The average Bonchev–Trinajstić information content (AvgIpc) is 2.58. The molecule has 1 amide bonds. The lowest BCUT2D eigenvalue weighted by Crippen LogP contribution is -2.56. The fourth-order valence-electron chi connectivity index (χ4n) is 3.82. The Morgan fingerprint density at radius 2 is 1.69 bits per heavy atom. The highest BCUT2D eigenvalue weighted by Crippen LogP contribution is 2.29. The largest absolute Gasteiger partial charge is 0.467 e. The highest BCUT2D eigenvalue weighted by atomic mass is 32.2. The van der Waals surface area contributed by atoms with Crippen LogP contribution in [-0.4, -0.2) is 86.7 Å². The maximum atomic E-state index is 12.8. The van der Waals surface area contributed by atoms with Crippen molar-refractivity contribution in [3.63, 3.8) is 0 Å². The summed E-state index contributed by atoms with van der Waals surface area (Å²) in [6, 6.07) is -0.627. The van der Waals surface area contributed by atoms with Crippen molar-refractivity contribution in [2.24, 2.45) is 11.8 Å². The maximum Gasteiger partial charge on any atom is 0.328 e. The van der Waals surface area contributed by atoms with Crippen LogP contribution in [0.15, 0.2) is 0 Å². The van der Waals surface area contributed by atoms with Crippen LogP contribution in [0.25, 0.3) is 0 Å². The molecular weight excluding hydrogens is 358 g/mol. The molecular formula is C17H31N3O5S. The molecule has 0 unspecified atom stereocenters. The zero-order chi connectivity index (χ0) is 19.6. The lowest BCUT2D eigenvalue weighted by atomic mass is 9.94. The van der Waals surface area contributed by atoms with Crippen LogP contribution >= 0.6 is 0 Å². The molecule has 0 aromatic rings. The quantitative estimate of drug-likeness (QED) is 0.609. The Bertz CT molecular complexity index is 628. The number of hydrogen-bond acceptors (Lipinski definition) is 6. The lowest BCUT2D eigenvalue weighted by molar-refractivity contribution is -0.155. The highest BCUT2D eigenvalue weighted by molar-refractivity contribution is 7.89. The third-order valence-electron chi connectivity index (χ3n) is 5.57. The summed E-state index contributed by atoms with van der Waals surface area (Å²) >= 11 is 0. The number of amides is 1.